The lowest BCUT2D eigenvalue weighted by Gasteiger charge is -2.08. The molecule has 0 aliphatic rings. The Morgan fingerprint density at radius 3 is 2.37 bits per heavy atom. The molecule has 2 aromatic rings. The van der Waals surface area contributed by atoms with E-state index in [2.05, 4.69) is 31.2 Å². The van der Waals surface area contributed by atoms with Gasteiger partial charge in [0.1, 0.15) is 12.4 Å². The molecule has 2 aromatic carbocycles. The van der Waals surface area contributed by atoms with Crippen molar-refractivity contribution in [2.45, 2.75) is 20.0 Å². The van der Waals surface area contributed by atoms with Crippen molar-refractivity contribution in [3.63, 3.8) is 0 Å². The van der Waals surface area contributed by atoms with Gasteiger partial charge in [0.2, 0.25) is 0 Å². The zero-order valence-electron chi connectivity index (χ0n) is 10.7. The second-order valence-corrected chi connectivity index (χ2v) is 4.62. The Bertz CT molecular complexity index is 599. The maximum Gasteiger partial charge on any atom is 0.138 e. The third-order valence-electron chi connectivity index (χ3n) is 2.89. The van der Waals surface area contributed by atoms with Gasteiger partial charge in [-0.3, -0.25) is 0 Å². The highest BCUT2D eigenvalue weighted by molar-refractivity contribution is 6.32. The van der Waals surface area contributed by atoms with Gasteiger partial charge in [0.15, 0.2) is 0 Å². The number of rotatable bonds is 4. The van der Waals surface area contributed by atoms with Crippen LogP contribution >= 0.6 is 11.6 Å². The van der Waals surface area contributed by atoms with E-state index in [0.717, 1.165) is 12.0 Å². The van der Waals surface area contributed by atoms with Crippen molar-refractivity contribution in [3.05, 3.63) is 64.2 Å². The van der Waals surface area contributed by atoms with Gasteiger partial charge in [0.05, 0.1) is 16.7 Å². The third-order valence-corrected chi connectivity index (χ3v) is 3.18. The lowest BCUT2D eigenvalue weighted by atomic mass is 10.1. The maximum absolute atomic E-state index is 8.76. The van der Waals surface area contributed by atoms with Crippen LogP contribution in [0.5, 0.6) is 5.75 Å². The van der Waals surface area contributed by atoms with E-state index in [0.29, 0.717) is 22.9 Å². The van der Waals surface area contributed by atoms with Crippen LogP contribution < -0.4 is 4.74 Å². The van der Waals surface area contributed by atoms with Gasteiger partial charge in [-0.15, -0.1) is 0 Å². The van der Waals surface area contributed by atoms with Crippen LogP contribution in [0, 0.1) is 11.3 Å². The van der Waals surface area contributed by atoms with Crippen LogP contribution in [0.3, 0.4) is 0 Å². The van der Waals surface area contributed by atoms with E-state index >= 15 is 0 Å². The molecule has 3 heteroatoms. The first-order valence-corrected chi connectivity index (χ1v) is 6.51. The number of nitrogens with zero attached hydrogens (tertiary/aromatic N) is 1. The predicted molar refractivity (Wildman–Crippen MR) is 76.3 cm³/mol. The Morgan fingerprint density at radius 2 is 1.79 bits per heavy atom. The lowest BCUT2D eigenvalue weighted by Crippen LogP contribution is -1.96. The fraction of sp³-hybridized carbons (Fsp3) is 0.188. The highest BCUT2D eigenvalue weighted by Crippen LogP contribution is 2.26. The minimum atomic E-state index is 0.462. The molecule has 2 rings (SSSR count). The highest BCUT2D eigenvalue weighted by Gasteiger charge is 2.03. The van der Waals surface area contributed by atoms with Crippen molar-refractivity contribution < 1.29 is 4.74 Å². The van der Waals surface area contributed by atoms with Crippen molar-refractivity contribution in [1.29, 1.82) is 5.26 Å². The molecule has 0 heterocycles. The van der Waals surface area contributed by atoms with E-state index in [1.54, 1.807) is 18.2 Å². The molecule has 0 radical (unpaired) electrons. The Kier molecular flexibility index (Phi) is 4.43. The van der Waals surface area contributed by atoms with Crippen LogP contribution in [-0.2, 0) is 13.0 Å². The molecule has 2 nitrogen and oxygen atoms in total. The van der Waals surface area contributed by atoms with Crippen molar-refractivity contribution >= 4 is 11.6 Å². The second kappa shape index (κ2) is 6.26. The van der Waals surface area contributed by atoms with Crippen LogP contribution in [0.25, 0.3) is 0 Å². The number of halogens is 1. The summed E-state index contributed by atoms with van der Waals surface area (Å²) in [7, 11) is 0. The van der Waals surface area contributed by atoms with Gasteiger partial charge >= 0.3 is 0 Å². The quantitative estimate of drug-likeness (QED) is 0.828. The summed E-state index contributed by atoms with van der Waals surface area (Å²) in [5, 5.41) is 9.22. The molecule has 0 fully saturated rings. The minimum Gasteiger partial charge on any atom is -0.487 e. The van der Waals surface area contributed by atoms with Crippen LogP contribution in [0.2, 0.25) is 5.02 Å². The number of aryl methyl sites for hydroxylation is 1. The normalized spacial score (nSPS) is 9.95. The Hall–Kier alpha value is -1.98. The van der Waals surface area contributed by atoms with Gasteiger partial charge in [-0.25, -0.2) is 0 Å². The zero-order valence-corrected chi connectivity index (χ0v) is 11.4. The van der Waals surface area contributed by atoms with Gasteiger partial charge < -0.3 is 4.74 Å². The number of nitriles is 1. The summed E-state index contributed by atoms with van der Waals surface area (Å²) >= 11 is 6.05. The maximum atomic E-state index is 8.76. The molecule has 0 aromatic heterocycles. The lowest BCUT2D eigenvalue weighted by molar-refractivity contribution is 0.306. The topological polar surface area (TPSA) is 33.0 Å². The number of hydrogen-bond donors (Lipinski definition) is 0. The Morgan fingerprint density at radius 1 is 1.11 bits per heavy atom. The zero-order chi connectivity index (χ0) is 13.7. The molecule has 96 valence electrons. The molecule has 0 saturated heterocycles. The van der Waals surface area contributed by atoms with E-state index in [1.165, 1.54) is 5.56 Å². The number of benzene rings is 2. The fourth-order valence-corrected chi connectivity index (χ4v) is 1.95. The van der Waals surface area contributed by atoms with Crippen LogP contribution in [-0.4, -0.2) is 0 Å². The van der Waals surface area contributed by atoms with E-state index in [9.17, 15) is 0 Å². The van der Waals surface area contributed by atoms with Gasteiger partial charge in [0.25, 0.3) is 0 Å². The number of hydrogen-bond acceptors (Lipinski definition) is 2. The molecule has 0 atom stereocenters. The second-order valence-electron chi connectivity index (χ2n) is 4.22. The van der Waals surface area contributed by atoms with E-state index in [4.69, 9.17) is 21.6 Å². The molecule has 0 aliphatic heterocycles. The predicted octanol–water partition coefficient (Wildman–Crippen LogP) is 4.35. The smallest absolute Gasteiger partial charge is 0.138 e. The van der Waals surface area contributed by atoms with E-state index < -0.39 is 0 Å². The minimum absolute atomic E-state index is 0.462. The molecule has 0 N–H and O–H groups in total. The Balaban J connectivity index is 2.04. The molecule has 0 bridgehead atoms. The summed E-state index contributed by atoms with van der Waals surface area (Å²) in [6.45, 7) is 2.59. The molecular weight excluding hydrogens is 258 g/mol. The summed E-state index contributed by atoms with van der Waals surface area (Å²) in [6.07, 6.45) is 1.03. The van der Waals surface area contributed by atoms with Crippen molar-refractivity contribution in [1.82, 2.24) is 0 Å². The highest BCUT2D eigenvalue weighted by atomic mass is 35.5. The third kappa shape index (κ3) is 3.49. The first-order chi connectivity index (χ1) is 9.22. The first kappa shape index (κ1) is 13.5. The van der Waals surface area contributed by atoms with Crippen LogP contribution in [0.15, 0.2) is 42.5 Å². The van der Waals surface area contributed by atoms with Gasteiger partial charge in [-0.1, -0.05) is 42.8 Å². The van der Waals surface area contributed by atoms with Gasteiger partial charge in [-0.2, -0.15) is 5.26 Å². The van der Waals surface area contributed by atoms with Crippen molar-refractivity contribution in [2.75, 3.05) is 0 Å². The summed E-state index contributed by atoms with van der Waals surface area (Å²) in [5.74, 6) is 0.597. The molecule has 19 heavy (non-hydrogen) atoms. The van der Waals surface area contributed by atoms with Crippen molar-refractivity contribution in [3.8, 4) is 11.8 Å². The van der Waals surface area contributed by atoms with Gasteiger partial charge in [-0.05, 0) is 35.7 Å². The molecule has 0 spiro atoms. The first-order valence-electron chi connectivity index (χ1n) is 6.13. The SMILES string of the molecule is CCc1ccc(COc2ccc(C#N)cc2Cl)cc1. The summed E-state index contributed by atoms with van der Waals surface area (Å²) in [6, 6.07) is 15.4. The Labute approximate surface area is 118 Å². The van der Waals surface area contributed by atoms with Crippen LogP contribution in [0.1, 0.15) is 23.6 Å². The molecule has 0 amide bonds. The summed E-state index contributed by atoms with van der Waals surface area (Å²) < 4.78 is 5.65. The van der Waals surface area contributed by atoms with E-state index in [-0.39, 0.29) is 0 Å². The van der Waals surface area contributed by atoms with Crippen molar-refractivity contribution in [2.24, 2.45) is 0 Å². The summed E-state index contributed by atoms with van der Waals surface area (Å²) in [5.41, 5.74) is 2.93. The monoisotopic (exact) mass is 271 g/mol. The number of ether oxygens (including phenoxy) is 1. The molecule has 0 aliphatic carbocycles. The average molecular weight is 272 g/mol. The molecule has 0 saturated carbocycles. The molecular formula is C16H14ClNO. The largest absolute Gasteiger partial charge is 0.487 e. The van der Waals surface area contributed by atoms with E-state index in [1.807, 2.05) is 6.07 Å². The molecule has 0 unspecified atom stereocenters. The van der Waals surface area contributed by atoms with Crippen LogP contribution in [0.4, 0.5) is 0 Å². The summed E-state index contributed by atoms with van der Waals surface area (Å²) in [4.78, 5) is 0. The van der Waals surface area contributed by atoms with Gasteiger partial charge in [0, 0.05) is 0 Å². The fourth-order valence-electron chi connectivity index (χ4n) is 1.72. The average Bonchev–Trinajstić information content (AvgIpc) is 2.46. The standard InChI is InChI=1S/C16H14ClNO/c1-2-12-3-5-13(6-4-12)11-19-16-8-7-14(10-18)9-15(16)17/h3-9H,2,11H2,1H3.